The highest BCUT2D eigenvalue weighted by atomic mass is 16.4. The Labute approximate surface area is 123 Å². The average molecular weight is 295 g/mol. The maximum atomic E-state index is 9.10. The molecule has 6 heteroatoms. The zero-order valence-corrected chi connectivity index (χ0v) is 12.0. The van der Waals surface area contributed by atoms with E-state index in [-0.39, 0.29) is 6.61 Å². The first-order valence-corrected chi connectivity index (χ1v) is 6.52. The maximum Gasteiger partial charge on any atom is 0.414 e. The van der Waals surface area contributed by atoms with Gasteiger partial charge in [0.25, 0.3) is 0 Å². The van der Waals surface area contributed by atoms with Gasteiger partial charge in [-0.05, 0) is 12.1 Å². The average Bonchev–Trinajstić information content (AvgIpc) is 2.48. The summed E-state index contributed by atoms with van der Waals surface area (Å²) in [5.74, 6) is -3.65. The van der Waals surface area contributed by atoms with Crippen LogP contribution in [0.4, 0.5) is 0 Å². The molecule has 0 saturated heterocycles. The smallest absolute Gasteiger partial charge is 0.414 e. The lowest BCUT2D eigenvalue weighted by molar-refractivity contribution is -0.159. The number of nitrogens with zero attached hydrogens (tertiary/aromatic N) is 1. The van der Waals surface area contributed by atoms with Crippen LogP contribution in [-0.4, -0.2) is 58.4 Å². The van der Waals surface area contributed by atoms with E-state index in [1.165, 1.54) is 5.56 Å². The zero-order valence-electron chi connectivity index (χ0n) is 12.0. The van der Waals surface area contributed by atoms with E-state index in [1.54, 1.807) is 0 Å². The highest BCUT2D eigenvalue weighted by Crippen LogP contribution is 2.01. The van der Waals surface area contributed by atoms with Gasteiger partial charge in [0.1, 0.15) is 0 Å². The van der Waals surface area contributed by atoms with Crippen LogP contribution in [0, 0.1) is 0 Å². The first kappa shape index (κ1) is 18.8. The zero-order chi connectivity index (χ0) is 16.1. The second-order valence-corrected chi connectivity index (χ2v) is 4.04. The van der Waals surface area contributed by atoms with Crippen molar-refractivity contribution in [2.75, 3.05) is 26.2 Å². The van der Waals surface area contributed by atoms with Crippen LogP contribution in [0.3, 0.4) is 0 Å². The molecule has 0 amide bonds. The minimum Gasteiger partial charge on any atom is -0.473 e. The Bertz CT molecular complexity index is 433. The van der Waals surface area contributed by atoms with Gasteiger partial charge >= 0.3 is 11.9 Å². The predicted molar refractivity (Wildman–Crippen MR) is 79.9 cm³/mol. The molecule has 1 aromatic rings. The number of carboxylic acid groups (broad SMARTS) is 2. The monoisotopic (exact) mass is 295 g/mol. The van der Waals surface area contributed by atoms with Crippen LogP contribution in [0.25, 0.3) is 6.08 Å². The van der Waals surface area contributed by atoms with Gasteiger partial charge < -0.3 is 15.3 Å². The third-order valence-corrected chi connectivity index (χ3v) is 2.52. The summed E-state index contributed by atoms with van der Waals surface area (Å²) < 4.78 is 0. The van der Waals surface area contributed by atoms with Crippen molar-refractivity contribution in [1.82, 2.24) is 4.90 Å². The Balaban J connectivity index is 0.000000567. The maximum absolute atomic E-state index is 9.10. The first-order chi connectivity index (χ1) is 10.0. The number of benzene rings is 1. The van der Waals surface area contributed by atoms with Crippen LogP contribution >= 0.6 is 0 Å². The molecule has 1 rings (SSSR count). The van der Waals surface area contributed by atoms with Gasteiger partial charge in [-0.15, -0.1) is 0 Å². The topological polar surface area (TPSA) is 98.1 Å². The fourth-order valence-corrected chi connectivity index (χ4v) is 1.42. The molecule has 116 valence electrons. The molecule has 1 aromatic carbocycles. The van der Waals surface area contributed by atoms with Crippen LogP contribution in [-0.2, 0) is 9.59 Å². The molecule has 0 saturated carbocycles. The first-order valence-electron chi connectivity index (χ1n) is 6.52. The molecule has 0 aliphatic carbocycles. The molecule has 0 radical (unpaired) electrons. The van der Waals surface area contributed by atoms with Crippen molar-refractivity contribution in [3.05, 3.63) is 42.0 Å². The Hall–Kier alpha value is -2.18. The number of carbonyl (C=O) groups is 2. The predicted octanol–water partition coefficient (Wildman–Crippen LogP) is 1.17. The van der Waals surface area contributed by atoms with Gasteiger partial charge in [0.05, 0.1) is 6.61 Å². The molecule has 3 N–H and O–H groups in total. The summed E-state index contributed by atoms with van der Waals surface area (Å²) in [6.45, 7) is 4.94. The molecule has 6 nitrogen and oxygen atoms in total. The van der Waals surface area contributed by atoms with E-state index in [9.17, 15) is 0 Å². The van der Waals surface area contributed by atoms with Crippen molar-refractivity contribution in [3.8, 4) is 0 Å². The highest BCUT2D eigenvalue weighted by Gasteiger charge is 2.04. The summed E-state index contributed by atoms with van der Waals surface area (Å²) in [6, 6.07) is 10.2. The normalized spacial score (nSPS) is 10.2. The van der Waals surface area contributed by atoms with Crippen molar-refractivity contribution < 1.29 is 24.9 Å². The second kappa shape index (κ2) is 11.6. The summed E-state index contributed by atoms with van der Waals surface area (Å²) in [7, 11) is 0. The molecule has 0 atom stereocenters. The number of hydrogen-bond acceptors (Lipinski definition) is 4. The molecule has 0 unspecified atom stereocenters. The lowest BCUT2D eigenvalue weighted by atomic mass is 10.2. The number of aliphatic carboxylic acids is 2. The number of aliphatic hydroxyl groups excluding tert-OH is 1. The molecule has 0 aliphatic heterocycles. The van der Waals surface area contributed by atoms with Crippen LogP contribution in [0.2, 0.25) is 0 Å². The molecule has 21 heavy (non-hydrogen) atoms. The number of carboxylic acids is 2. The summed E-state index contributed by atoms with van der Waals surface area (Å²) in [5.41, 5.74) is 1.22. The fraction of sp³-hybridized carbons (Fsp3) is 0.333. The van der Waals surface area contributed by atoms with Crippen LogP contribution in [0.1, 0.15) is 12.5 Å². The van der Waals surface area contributed by atoms with E-state index in [2.05, 4.69) is 36.1 Å². The SMILES string of the molecule is CCN(C/C=C/c1ccccc1)CCO.O=C(O)C(=O)O. The Kier molecular flexibility index (Phi) is 10.4. The molecule has 0 bridgehead atoms. The van der Waals surface area contributed by atoms with Crippen molar-refractivity contribution in [1.29, 1.82) is 0 Å². The quantitative estimate of drug-likeness (QED) is 0.681. The van der Waals surface area contributed by atoms with E-state index in [0.717, 1.165) is 19.6 Å². The van der Waals surface area contributed by atoms with Gasteiger partial charge in [-0.25, -0.2) is 9.59 Å². The van der Waals surface area contributed by atoms with E-state index in [1.807, 2.05) is 18.2 Å². The van der Waals surface area contributed by atoms with Gasteiger partial charge in [-0.1, -0.05) is 49.4 Å². The molecule has 0 spiro atoms. The van der Waals surface area contributed by atoms with Crippen LogP contribution in [0.15, 0.2) is 36.4 Å². The number of aliphatic hydroxyl groups is 1. The Morgan fingerprint density at radius 1 is 1.14 bits per heavy atom. The lowest BCUT2D eigenvalue weighted by Crippen LogP contribution is -2.26. The second-order valence-electron chi connectivity index (χ2n) is 4.04. The molecule has 0 fully saturated rings. The number of rotatable bonds is 6. The highest BCUT2D eigenvalue weighted by molar-refractivity contribution is 6.27. The number of hydrogen-bond donors (Lipinski definition) is 3. The van der Waals surface area contributed by atoms with E-state index >= 15 is 0 Å². The number of likely N-dealkylation sites (N-methyl/N-ethyl adjacent to an activating group) is 1. The summed E-state index contributed by atoms with van der Waals surface area (Å²) in [5, 5.41) is 23.6. The molecular weight excluding hydrogens is 274 g/mol. The Morgan fingerprint density at radius 2 is 1.71 bits per heavy atom. The van der Waals surface area contributed by atoms with Crippen LogP contribution < -0.4 is 0 Å². The third kappa shape index (κ3) is 10.3. The molecular formula is C15H21NO5. The minimum atomic E-state index is -1.82. The van der Waals surface area contributed by atoms with Gasteiger partial charge in [0, 0.05) is 13.1 Å². The summed E-state index contributed by atoms with van der Waals surface area (Å²) in [6.07, 6.45) is 4.24. The van der Waals surface area contributed by atoms with Crippen molar-refractivity contribution in [3.63, 3.8) is 0 Å². The van der Waals surface area contributed by atoms with Gasteiger partial charge in [0.15, 0.2) is 0 Å². The standard InChI is InChI=1S/C13H19NO.C2H2O4/c1-2-14(11-12-15)10-6-9-13-7-4-3-5-8-13;3-1(4)2(5)6/h3-9,15H,2,10-12H2,1H3;(H,3,4)(H,5,6)/b9-6+;. The summed E-state index contributed by atoms with van der Waals surface area (Å²) in [4.78, 5) is 20.4. The lowest BCUT2D eigenvalue weighted by Gasteiger charge is -2.16. The largest absolute Gasteiger partial charge is 0.473 e. The van der Waals surface area contributed by atoms with Gasteiger partial charge in [-0.2, -0.15) is 0 Å². The van der Waals surface area contributed by atoms with Crippen molar-refractivity contribution in [2.45, 2.75) is 6.92 Å². The Morgan fingerprint density at radius 3 is 2.14 bits per heavy atom. The van der Waals surface area contributed by atoms with E-state index in [4.69, 9.17) is 24.9 Å². The van der Waals surface area contributed by atoms with Gasteiger partial charge in [-0.3, -0.25) is 4.90 Å². The van der Waals surface area contributed by atoms with Crippen LogP contribution in [0.5, 0.6) is 0 Å². The van der Waals surface area contributed by atoms with Crippen molar-refractivity contribution >= 4 is 18.0 Å². The van der Waals surface area contributed by atoms with Gasteiger partial charge in [0.2, 0.25) is 0 Å². The minimum absolute atomic E-state index is 0.229. The van der Waals surface area contributed by atoms with Crippen molar-refractivity contribution in [2.24, 2.45) is 0 Å². The summed E-state index contributed by atoms with van der Waals surface area (Å²) >= 11 is 0. The molecule has 0 aliphatic rings. The van der Waals surface area contributed by atoms with E-state index < -0.39 is 11.9 Å². The molecule has 0 heterocycles. The van der Waals surface area contributed by atoms with E-state index in [0.29, 0.717) is 0 Å². The third-order valence-electron chi connectivity index (χ3n) is 2.52. The molecule has 0 aromatic heterocycles. The fourth-order valence-electron chi connectivity index (χ4n) is 1.42.